The molecule has 1 aromatic carbocycles. The molecular weight excluding hydrogens is 460 g/mol. The summed E-state index contributed by atoms with van der Waals surface area (Å²) in [6.45, 7) is 3.99. The van der Waals surface area contributed by atoms with Crippen molar-refractivity contribution in [3.8, 4) is 16.9 Å². The van der Waals surface area contributed by atoms with Crippen LogP contribution in [-0.2, 0) is 33.8 Å². The van der Waals surface area contributed by atoms with E-state index in [1.807, 2.05) is 38.1 Å². The van der Waals surface area contributed by atoms with E-state index in [0.29, 0.717) is 23.6 Å². The Hall–Kier alpha value is -2.77. The van der Waals surface area contributed by atoms with Gasteiger partial charge in [-0.1, -0.05) is 37.6 Å². The number of halogens is 1. The monoisotopic (exact) mass is 482 g/mol. The fraction of sp³-hybridized carbons (Fsp3) is 0.360. The number of methoxy groups -OCH3 is 1. The molecule has 33 heavy (non-hydrogen) atoms. The van der Waals surface area contributed by atoms with E-state index in [2.05, 4.69) is 0 Å². The standard InChI is InChI=1S/C25H23ClN2O4S/c1-25(2)11-15-17(10-18(25)29)33-24-22(15)21(13-4-6-14(32-3)7-5-13)23(26)16(27-24)12-28-19(30)8-9-20(28)31/h4-7H,8-12H2,1-3H3. The number of amides is 2. The number of benzene rings is 1. The molecule has 0 spiro atoms. The highest BCUT2D eigenvalue weighted by Gasteiger charge is 2.37. The highest BCUT2D eigenvalue weighted by molar-refractivity contribution is 7.19. The molecule has 0 atom stereocenters. The first-order chi connectivity index (χ1) is 15.7. The Morgan fingerprint density at radius 1 is 1.12 bits per heavy atom. The number of fused-ring (bicyclic) bond motifs is 3. The summed E-state index contributed by atoms with van der Waals surface area (Å²) in [5, 5.41) is 1.38. The Morgan fingerprint density at radius 3 is 2.42 bits per heavy atom. The highest BCUT2D eigenvalue weighted by atomic mass is 35.5. The number of ketones is 1. The average molecular weight is 483 g/mol. The molecule has 3 heterocycles. The second-order valence-corrected chi connectivity index (χ2v) is 10.7. The lowest BCUT2D eigenvalue weighted by molar-refractivity contribution is -0.139. The number of hydrogen-bond acceptors (Lipinski definition) is 6. The summed E-state index contributed by atoms with van der Waals surface area (Å²) in [5.74, 6) is 0.531. The van der Waals surface area contributed by atoms with E-state index < -0.39 is 5.41 Å². The topological polar surface area (TPSA) is 76.6 Å². The van der Waals surface area contributed by atoms with Gasteiger partial charge in [0.1, 0.15) is 16.4 Å². The smallest absolute Gasteiger partial charge is 0.230 e. The number of pyridine rings is 1. The zero-order valence-corrected chi connectivity index (χ0v) is 20.2. The van der Waals surface area contributed by atoms with E-state index in [1.54, 1.807) is 7.11 Å². The Balaban J connectivity index is 1.74. The third-order valence-corrected chi connectivity index (χ3v) is 8.10. The number of aromatic nitrogens is 1. The number of thiophene rings is 1. The molecule has 1 aliphatic carbocycles. The van der Waals surface area contributed by atoms with E-state index in [9.17, 15) is 14.4 Å². The molecule has 1 fully saturated rings. The predicted molar refractivity (Wildman–Crippen MR) is 128 cm³/mol. The van der Waals surface area contributed by atoms with Gasteiger partial charge in [-0.2, -0.15) is 0 Å². The molecule has 0 unspecified atom stereocenters. The van der Waals surface area contributed by atoms with Gasteiger partial charge in [0.25, 0.3) is 0 Å². The van der Waals surface area contributed by atoms with Gasteiger partial charge in [0.2, 0.25) is 11.8 Å². The van der Waals surface area contributed by atoms with Crippen LogP contribution in [0.2, 0.25) is 5.02 Å². The highest BCUT2D eigenvalue weighted by Crippen LogP contribution is 2.47. The molecule has 8 heteroatoms. The van der Waals surface area contributed by atoms with E-state index in [0.717, 1.165) is 37.5 Å². The van der Waals surface area contributed by atoms with Crippen molar-refractivity contribution in [2.45, 2.75) is 46.1 Å². The SMILES string of the molecule is COc1ccc(-c2c(Cl)c(CN3C(=O)CCC3=O)nc3sc4c(c23)CC(C)(C)C(=O)C4)cc1. The summed E-state index contributed by atoms with van der Waals surface area (Å²) in [4.78, 5) is 45.0. The predicted octanol–water partition coefficient (Wildman–Crippen LogP) is 4.97. The van der Waals surface area contributed by atoms with Gasteiger partial charge in [-0.15, -0.1) is 11.3 Å². The van der Waals surface area contributed by atoms with Crippen LogP contribution in [0.1, 0.15) is 42.8 Å². The van der Waals surface area contributed by atoms with Crippen molar-refractivity contribution in [1.29, 1.82) is 0 Å². The van der Waals surface area contributed by atoms with Crippen LogP contribution in [-0.4, -0.2) is 34.6 Å². The van der Waals surface area contributed by atoms with Crippen molar-refractivity contribution >= 4 is 50.8 Å². The summed E-state index contributed by atoms with van der Waals surface area (Å²) < 4.78 is 5.31. The summed E-state index contributed by atoms with van der Waals surface area (Å²) in [6.07, 6.45) is 1.43. The molecule has 0 radical (unpaired) electrons. The largest absolute Gasteiger partial charge is 0.497 e. The van der Waals surface area contributed by atoms with Crippen molar-refractivity contribution in [2.24, 2.45) is 5.41 Å². The van der Waals surface area contributed by atoms with Gasteiger partial charge in [-0.25, -0.2) is 4.98 Å². The normalized spacial score (nSPS) is 17.7. The fourth-order valence-electron chi connectivity index (χ4n) is 4.60. The van der Waals surface area contributed by atoms with Gasteiger partial charge in [0, 0.05) is 40.5 Å². The molecule has 6 nitrogen and oxygen atoms in total. The molecule has 2 aliphatic rings. The molecule has 1 aliphatic heterocycles. The molecule has 3 aromatic rings. The van der Waals surface area contributed by atoms with E-state index in [4.69, 9.17) is 21.3 Å². The number of likely N-dealkylation sites (tertiary alicyclic amines) is 1. The third kappa shape index (κ3) is 3.63. The number of ether oxygens (including phenoxy) is 1. The van der Waals surface area contributed by atoms with Crippen molar-refractivity contribution in [1.82, 2.24) is 9.88 Å². The lowest BCUT2D eigenvalue weighted by Crippen LogP contribution is -2.32. The quantitative estimate of drug-likeness (QED) is 0.491. The molecule has 0 bridgehead atoms. The summed E-state index contributed by atoms with van der Waals surface area (Å²) in [7, 11) is 1.61. The maximum absolute atomic E-state index is 12.7. The maximum Gasteiger partial charge on any atom is 0.230 e. The van der Waals surface area contributed by atoms with Crippen LogP contribution >= 0.6 is 22.9 Å². The van der Waals surface area contributed by atoms with E-state index >= 15 is 0 Å². The average Bonchev–Trinajstić information content (AvgIpc) is 3.28. The fourth-order valence-corrected chi connectivity index (χ4v) is 6.12. The van der Waals surface area contributed by atoms with Gasteiger partial charge in [0.15, 0.2) is 0 Å². The van der Waals surface area contributed by atoms with Gasteiger partial charge in [0.05, 0.1) is 24.4 Å². The number of carbonyl (C=O) groups excluding carboxylic acids is 3. The number of imide groups is 1. The molecule has 2 aromatic heterocycles. The van der Waals surface area contributed by atoms with E-state index in [1.165, 1.54) is 16.2 Å². The molecular formula is C25H23ClN2O4S. The summed E-state index contributed by atoms with van der Waals surface area (Å²) in [6, 6.07) is 7.63. The third-order valence-electron chi connectivity index (χ3n) is 6.57. The van der Waals surface area contributed by atoms with Gasteiger partial charge in [-0.3, -0.25) is 19.3 Å². The molecule has 0 saturated carbocycles. The van der Waals surface area contributed by atoms with Crippen LogP contribution in [0.4, 0.5) is 0 Å². The van der Waals surface area contributed by atoms with Crippen molar-refractivity contribution in [3.05, 3.63) is 45.4 Å². The number of nitrogens with zero attached hydrogens (tertiary/aromatic N) is 2. The van der Waals surface area contributed by atoms with Crippen LogP contribution in [0.3, 0.4) is 0 Å². The second kappa shape index (κ2) is 7.92. The number of Topliss-reactive ketones (excluding diaryl/α,β-unsaturated/α-hetero) is 1. The van der Waals surface area contributed by atoms with Crippen molar-refractivity contribution in [3.63, 3.8) is 0 Å². The molecule has 2 amide bonds. The first-order valence-electron chi connectivity index (χ1n) is 10.8. The number of carbonyl (C=O) groups is 3. The van der Waals surface area contributed by atoms with Crippen LogP contribution in [0.15, 0.2) is 24.3 Å². The lowest BCUT2D eigenvalue weighted by Gasteiger charge is -2.28. The second-order valence-electron chi connectivity index (χ2n) is 9.19. The van der Waals surface area contributed by atoms with Gasteiger partial charge < -0.3 is 4.74 Å². The summed E-state index contributed by atoms with van der Waals surface area (Å²) in [5.41, 5.74) is 2.85. The Labute approximate surface area is 200 Å². The first-order valence-corrected chi connectivity index (χ1v) is 12.0. The Morgan fingerprint density at radius 2 is 1.79 bits per heavy atom. The van der Waals surface area contributed by atoms with Gasteiger partial charge in [-0.05, 0) is 29.7 Å². The molecule has 5 rings (SSSR count). The van der Waals surface area contributed by atoms with Crippen LogP contribution in [0.25, 0.3) is 21.3 Å². The zero-order valence-electron chi connectivity index (χ0n) is 18.7. The number of hydrogen-bond donors (Lipinski definition) is 0. The zero-order chi connectivity index (χ0) is 23.5. The van der Waals surface area contributed by atoms with Crippen molar-refractivity contribution < 1.29 is 19.1 Å². The minimum Gasteiger partial charge on any atom is -0.497 e. The minimum absolute atomic E-state index is 0.0442. The van der Waals surface area contributed by atoms with E-state index in [-0.39, 0.29) is 37.0 Å². The molecule has 1 saturated heterocycles. The van der Waals surface area contributed by atoms with Gasteiger partial charge >= 0.3 is 0 Å². The molecule has 0 N–H and O–H groups in total. The summed E-state index contributed by atoms with van der Waals surface area (Å²) >= 11 is 8.46. The number of rotatable bonds is 4. The van der Waals surface area contributed by atoms with Crippen molar-refractivity contribution in [2.75, 3.05) is 7.11 Å². The first kappa shape index (κ1) is 22.0. The Bertz CT molecular complexity index is 1310. The van der Waals surface area contributed by atoms with Crippen LogP contribution < -0.4 is 4.74 Å². The minimum atomic E-state index is -0.461. The van der Waals surface area contributed by atoms with Crippen LogP contribution in [0.5, 0.6) is 5.75 Å². The maximum atomic E-state index is 12.7. The Kier molecular flexibility index (Phi) is 5.29. The lowest BCUT2D eigenvalue weighted by atomic mass is 9.75. The molecule has 170 valence electrons. The van der Waals surface area contributed by atoms with Crippen LogP contribution in [0, 0.1) is 5.41 Å².